The molecule has 0 amide bonds. The van der Waals surface area contributed by atoms with E-state index in [0.717, 1.165) is 41.3 Å². The molecule has 3 heterocycles. The van der Waals surface area contributed by atoms with E-state index in [9.17, 15) is 32.0 Å². The Morgan fingerprint density at radius 2 is 1.87 bits per heavy atom. The molecule has 1 aliphatic carbocycles. The quantitative estimate of drug-likeness (QED) is 0.108. The number of hydrogen-bond acceptors (Lipinski definition) is 10. The van der Waals surface area contributed by atoms with E-state index in [1.807, 2.05) is 0 Å². The SMILES string of the molecule is O=C1Cc2ccc(S(=O)(=O)N3CCS[C@H]3C(=O)O[C@@H](Cc3c(Cl)c[n+]([O-])cc3Cl)c3ccc(OC(F)F)c(OCC4CC4)c3)cc2O1. The van der Waals surface area contributed by atoms with Crippen molar-refractivity contribution in [3.05, 3.63) is 80.7 Å². The summed E-state index contributed by atoms with van der Waals surface area (Å²) in [6.07, 6.45) is 2.69. The highest BCUT2D eigenvalue weighted by Crippen LogP contribution is 2.40. The Labute approximate surface area is 282 Å². The number of rotatable bonds is 12. The van der Waals surface area contributed by atoms with E-state index in [4.69, 9.17) is 37.4 Å². The Bertz CT molecular complexity index is 1810. The van der Waals surface area contributed by atoms with Gasteiger partial charge in [0.25, 0.3) is 0 Å². The van der Waals surface area contributed by atoms with Crippen molar-refractivity contribution in [1.29, 1.82) is 0 Å². The monoisotopic (exact) mass is 730 g/mol. The van der Waals surface area contributed by atoms with E-state index in [1.54, 1.807) is 0 Å². The molecule has 2 atom stereocenters. The van der Waals surface area contributed by atoms with E-state index < -0.39 is 40.1 Å². The van der Waals surface area contributed by atoms with Crippen molar-refractivity contribution in [3.63, 3.8) is 0 Å². The van der Waals surface area contributed by atoms with Crippen LogP contribution < -0.4 is 18.9 Å². The molecule has 1 saturated carbocycles. The zero-order valence-electron chi connectivity index (χ0n) is 24.3. The van der Waals surface area contributed by atoms with Crippen LogP contribution in [-0.4, -0.2) is 55.6 Å². The fourth-order valence-corrected chi connectivity index (χ4v) is 8.79. The largest absolute Gasteiger partial charge is 0.619 e. The number of fused-ring (bicyclic) bond motifs is 1. The van der Waals surface area contributed by atoms with Crippen LogP contribution in [0.3, 0.4) is 0 Å². The maximum atomic E-state index is 13.8. The molecule has 47 heavy (non-hydrogen) atoms. The van der Waals surface area contributed by atoms with Crippen molar-refractivity contribution in [2.75, 3.05) is 18.9 Å². The number of hydrogen-bond donors (Lipinski definition) is 0. The molecule has 2 fully saturated rings. The summed E-state index contributed by atoms with van der Waals surface area (Å²) >= 11 is 13.7. The number of sulfonamides is 1. The van der Waals surface area contributed by atoms with Gasteiger partial charge in [0.15, 0.2) is 29.3 Å². The number of alkyl halides is 2. The number of ether oxygens (including phenoxy) is 4. The van der Waals surface area contributed by atoms with E-state index in [0.29, 0.717) is 10.3 Å². The summed E-state index contributed by atoms with van der Waals surface area (Å²) < 4.78 is 76.7. The highest BCUT2D eigenvalue weighted by Gasteiger charge is 2.43. The minimum atomic E-state index is -4.25. The number of aromatic nitrogens is 1. The minimum absolute atomic E-state index is 0.00448. The predicted molar refractivity (Wildman–Crippen MR) is 165 cm³/mol. The molecule has 0 N–H and O–H groups in total. The van der Waals surface area contributed by atoms with Gasteiger partial charge in [0.05, 0.1) is 17.9 Å². The first-order chi connectivity index (χ1) is 22.4. The molecule has 3 aliphatic rings. The van der Waals surface area contributed by atoms with Crippen LogP contribution in [0.15, 0.2) is 53.7 Å². The minimum Gasteiger partial charge on any atom is -0.619 e. The van der Waals surface area contributed by atoms with Crippen molar-refractivity contribution < 1.29 is 50.5 Å². The van der Waals surface area contributed by atoms with Crippen LogP contribution >= 0.6 is 35.0 Å². The highest BCUT2D eigenvalue weighted by molar-refractivity contribution is 8.02. The molecule has 3 aromatic rings. The van der Waals surface area contributed by atoms with Crippen LogP contribution in [0.5, 0.6) is 17.2 Å². The second kappa shape index (κ2) is 13.6. The van der Waals surface area contributed by atoms with E-state index >= 15 is 0 Å². The normalized spacial score (nSPS) is 18.6. The summed E-state index contributed by atoms with van der Waals surface area (Å²) in [6.45, 7) is -2.86. The third kappa shape index (κ3) is 7.54. The zero-order valence-corrected chi connectivity index (χ0v) is 27.4. The first-order valence-electron chi connectivity index (χ1n) is 14.3. The van der Waals surface area contributed by atoms with Crippen molar-refractivity contribution >= 4 is 56.9 Å². The summed E-state index contributed by atoms with van der Waals surface area (Å²) in [4.78, 5) is 25.3. The summed E-state index contributed by atoms with van der Waals surface area (Å²) in [5.41, 5.74) is 1.09. The fourth-order valence-electron chi connectivity index (χ4n) is 5.13. The number of nitrogens with zero attached hydrogens (tertiary/aromatic N) is 2. The Kier molecular flexibility index (Phi) is 9.72. The molecule has 11 nitrogen and oxygen atoms in total. The van der Waals surface area contributed by atoms with Gasteiger partial charge < -0.3 is 24.2 Å². The maximum Gasteiger partial charge on any atom is 0.387 e. The molecule has 2 aliphatic heterocycles. The van der Waals surface area contributed by atoms with Crippen LogP contribution in [0.1, 0.15) is 35.6 Å². The molecule has 0 bridgehead atoms. The zero-order chi connectivity index (χ0) is 33.5. The molecule has 1 aromatic heterocycles. The molecule has 0 spiro atoms. The molecule has 6 rings (SSSR count). The number of thioether (sulfide) groups is 1. The first-order valence-corrected chi connectivity index (χ1v) is 17.6. The summed E-state index contributed by atoms with van der Waals surface area (Å²) in [5, 5.41) is 10.5. The Hall–Kier alpha value is -3.37. The molecular formula is C30H26Cl2F2N2O9S2. The average Bonchev–Trinajstić information content (AvgIpc) is 3.54. The number of carbonyl (C=O) groups excluding carboxylic acids is 2. The predicted octanol–water partition coefficient (Wildman–Crippen LogP) is 5.07. The molecule has 0 unspecified atom stereocenters. The van der Waals surface area contributed by atoms with Gasteiger partial charge in [-0.25, -0.2) is 13.2 Å². The van der Waals surface area contributed by atoms with Gasteiger partial charge in [0.2, 0.25) is 10.0 Å². The lowest BCUT2D eigenvalue weighted by Gasteiger charge is -2.26. The van der Waals surface area contributed by atoms with Crippen LogP contribution in [-0.2, 0) is 37.2 Å². The van der Waals surface area contributed by atoms with Gasteiger partial charge in [-0.15, -0.1) is 11.8 Å². The number of benzene rings is 2. The van der Waals surface area contributed by atoms with Gasteiger partial charge in [-0.05, 0) is 42.5 Å². The topological polar surface area (TPSA) is 135 Å². The van der Waals surface area contributed by atoms with Crippen molar-refractivity contribution in [2.24, 2.45) is 5.92 Å². The third-order valence-electron chi connectivity index (χ3n) is 7.69. The van der Waals surface area contributed by atoms with Gasteiger partial charge in [-0.2, -0.15) is 17.8 Å². The van der Waals surface area contributed by atoms with Gasteiger partial charge in [-0.1, -0.05) is 35.3 Å². The van der Waals surface area contributed by atoms with Gasteiger partial charge in [-0.3, -0.25) is 4.79 Å². The van der Waals surface area contributed by atoms with Crippen LogP contribution in [0.4, 0.5) is 8.78 Å². The third-order valence-corrected chi connectivity index (χ3v) is 11.5. The van der Waals surface area contributed by atoms with Gasteiger partial charge >= 0.3 is 18.6 Å². The molecule has 0 radical (unpaired) electrons. The van der Waals surface area contributed by atoms with Crippen molar-refractivity contribution in [2.45, 2.75) is 48.7 Å². The van der Waals surface area contributed by atoms with E-state index in [2.05, 4.69) is 4.74 Å². The van der Waals surface area contributed by atoms with Crippen LogP contribution in [0, 0.1) is 11.1 Å². The van der Waals surface area contributed by atoms with E-state index in [-0.39, 0.29) is 81.0 Å². The smallest absolute Gasteiger partial charge is 0.387 e. The lowest BCUT2D eigenvalue weighted by molar-refractivity contribution is -0.605. The lowest BCUT2D eigenvalue weighted by atomic mass is 10.0. The number of pyridine rings is 1. The van der Waals surface area contributed by atoms with Crippen molar-refractivity contribution in [3.8, 4) is 17.2 Å². The first kappa shape index (κ1) is 33.5. The van der Waals surface area contributed by atoms with E-state index in [1.165, 1.54) is 36.4 Å². The van der Waals surface area contributed by atoms with Gasteiger partial charge in [0, 0.05) is 35.9 Å². The number of carbonyl (C=O) groups is 2. The molecule has 2 aromatic carbocycles. The fraction of sp³-hybridized carbons (Fsp3) is 0.367. The maximum absolute atomic E-state index is 13.8. The Morgan fingerprint density at radius 1 is 1.13 bits per heavy atom. The summed E-state index contributed by atoms with van der Waals surface area (Å²) in [7, 11) is -4.25. The van der Waals surface area contributed by atoms with Gasteiger partial charge in [0.1, 0.15) is 21.9 Å². The van der Waals surface area contributed by atoms with Crippen LogP contribution in [0.2, 0.25) is 10.0 Å². The van der Waals surface area contributed by atoms with Crippen LogP contribution in [0.25, 0.3) is 0 Å². The number of halogens is 4. The Balaban J connectivity index is 1.31. The van der Waals surface area contributed by atoms with Crippen molar-refractivity contribution in [1.82, 2.24) is 4.31 Å². The highest BCUT2D eigenvalue weighted by atomic mass is 35.5. The number of esters is 2. The molecule has 17 heteroatoms. The second-order valence-electron chi connectivity index (χ2n) is 11.0. The summed E-state index contributed by atoms with van der Waals surface area (Å²) in [5.74, 6) is -0.949. The lowest BCUT2D eigenvalue weighted by Crippen LogP contribution is -2.40. The Morgan fingerprint density at radius 3 is 2.57 bits per heavy atom. The second-order valence-corrected chi connectivity index (χ2v) is 14.9. The molecule has 250 valence electrons. The molecule has 1 saturated heterocycles. The average molecular weight is 732 g/mol. The standard InChI is InChI=1S/C30H26Cl2F2N2O9S2/c31-21-13-35(39)14-22(32)20(21)12-25(17-4-6-23(45-30(33)34)26(9-17)42-15-16-1-2-16)44-29(38)28-36(7-8-46-28)47(40,41)19-5-3-18-10-27(37)43-24(18)11-19/h3-6,9,11,13-14,16,25,28,30H,1-2,7-8,10,12,15H2/t25-,28-/m0/s1. The summed E-state index contributed by atoms with van der Waals surface area (Å²) in [6, 6.07) is 8.14. The molecular weight excluding hydrogens is 705 g/mol.